The predicted molar refractivity (Wildman–Crippen MR) is 92.0 cm³/mol. The Morgan fingerprint density at radius 3 is 2.70 bits per heavy atom. The van der Waals surface area contributed by atoms with E-state index >= 15 is 0 Å². The average Bonchev–Trinajstić information content (AvgIpc) is 2.55. The third-order valence-corrected chi connectivity index (χ3v) is 3.42. The lowest BCUT2D eigenvalue weighted by molar-refractivity contribution is 0.0946. The van der Waals surface area contributed by atoms with Gasteiger partial charge in [-0.3, -0.25) is 4.79 Å². The van der Waals surface area contributed by atoms with Crippen LogP contribution in [0.1, 0.15) is 23.1 Å². The van der Waals surface area contributed by atoms with E-state index in [1.165, 1.54) is 0 Å². The minimum Gasteiger partial charge on any atom is -0.350 e. The fourth-order valence-electron chi connectivity index (χ4n) is 2.37. The molecule has 1 amide bonds. The second-order valence-electron chi connectivity index (χ2n) is 5.27. The molecule has 1 aromatic heterocycles. The molecular weight excluding hydrogens is 288 g/mol. The van der Waals surface area contributed by atoms with E-state index in [9.17, 15) is 4.79 Å². The van der Waals surface area contributed by atoms with E-state index in [2.05, 4.69) is 20.6 Å². The molecule has 2 N–H and O–H groups in total. The van der Waals surface area contributed by atoms with Crippen molar-refractivity contribution in [2.45, 2.75) is 13.8 Å². The van der Waals surface area contributed by atoms with Gasteiger partial charge < -0.3 is 10.6 Å². The highest BCUT2D eigenvalue weighted by Crippen LogP contribution is 2.24. The summed E-state index contributed by atoms with van der Waals surface area (Å²) < 4.78 is 0. The van der Waals surface area contributed by atoms with Gasteiger partial charge >= 0.3 is 0 Å². The highest BCUT2D eigenvalue weighted by Gasteiger charge is 2.13. The summed E-state index contributed by atoms with van der Waals surface area (Å²) in [6, 6.07) is 15.6. The number of fused-ring (bicyclic) bond motifs is 1. The maximum atomic E-state index is 12.1. The Hall–Kier alpha value is -2.95. The highest BCUT2D eigenvalue weighted by molar-refractivity contribution is 5.97. The zero-order valence-corrected chi connectivity index (χ0v) is 13.1. The molecular formula is C18H18N4O. The number of nitrogens with one attached hydrogen (secondary N) is 2. The fourth-order valence-corrected chi connectivity index (χ4v) is 2.37. The number of para-hydroxylation sites is 1. The molecule has 0 unspecified atom stereocenters. The number of benzene rings is 2. The summed E-state index contributed by atoms with van der Waals surface area (Å²) >= 11 is 0. The Balaban J connectivity index is 2.08. The van der Waals surface area contributed by atoms with Crippen LogP contribution >= 0.6 is 0 Å². The quantitative estimate of drug-likeness (QED) is 0.775. The van der Waals surface area contributed by atoms with Gasteiger partial charge in [-0.15, -0.1) is 0 Å². The molecule has 1 heterocycles. The first-order valence-electron chi connectivity index (χ1n) is 7.56. The van der Waals surface area contributed by atoms with Crippen LogP contribution in [-0.2, 0) is 0 Å². The van der Waals surface area contributed by atoms with Gasteiger partial charge in [0.1, 0.15) is 5.82 Å². The van der Waals surface area contributed by atoms with E-state index in [-0.39, 0.29) is 11.7 Å². The van der Waals surface area contributed by atoms with Crippen molar-refractivity contribution in [1.82, 2.24) is 15.3 Å². The summed E-state index contributed by atoms with van der Waals surface area (Å²) in [7, 11) is 0. The molecule has 0 aliphatic carbocycles. The van der Waals surface area contributed by atoms with Crippen molar-refractivity contribution < 1.29 is 4.79 Å². The number of nitrogens with zero attached hydrogens (tertiary/aromatic N) is 2. The molecule has 0 saturated carbocycles. The zero-order valence-electron chi connectivity index (χ0n) is 13.1. The largest absolute Gasteiger partial charge is 0.350 e. The normalized spacial score (nSPS) is 10.5. The van der Waals surface area contributed by atoms with Crippen LogP contribution in [0.5, 0.6) is 0 Å². The molecule has 0 atom stereocenters. The molecule has 0 fully saturated rings. The minimum atomic E-state index is -0.273. The van der Waals surface area contributed by atoms with Gasteiger partial charge in [-0.2, -0.15) is 0 Å². The maximum absolute atomic E-state index is 12.1. The molecule has 23 heavy (non-hydrogen) atoms. The molecule has 0 aliphatic rings. The van der Waals surface area contributed by atoms with Gasteiger partial charge in [-0.25, -0.2) is 9.97 Å². The van der Waals surface area contributed by atoms with Crippen molar-refractivity contribution in [2.75, 3.05) is 11.9 Å². The summed E-state index contributed by atoms with van der Waals surface area (Å²) in [6.07, 6.45) is 0. The number of carbonyl (C=O) groups excluding carboxylic acids is 1. The van der Waals surface area contributed by atoms with Crippen molar-refractivity contribution in [3.63, 3.8) is 0 Å². The van der Waals surface area contributed by atoms with Gasteiger partial charge in [0.2, 0.25) is 5.82 Å². The lowest BCUT2D eigenvalue weighted by atomic mass is 10.2. The summed E-state index contributed by atoms with van der Waals surface area (Å²) in [5.74, 6) is 0.522. The first-order chi connectivity index (χ1) is 11.2. The second kappa shape index (κ2) is 6.44. The number of hydrogen-bond acceptors (Lipinski definition) is 4. The maximum Gasteiger partial charge on any atom is 0.289 e. The highest BCUT2D eigenvalue weighted by atomic mass is 16.2. The number of rotatable bonds is 4. The lowest BCUT2D eigenvalue weighted by Crippen LogP contribution is -2.25. The Bertz CT molecular complexity index is 861. The molecule has 0 spiro atoms. The topological polar surface area (TPSA) is 66.9 Å². The Morgan fingerprint density at radius 2 is 1.91 bits per heavy atom. The third kappa shape index (κ3) is 3.29. The SMILES string of the molecule is CCNC(=O)c1nc(Nc2cccc(C)c2)c2ccccc2n1. The zero-order chi connectivity index (χ0) is 16.2. The van der Waals surface area contributed by atoms with Crippen LogP contribution in [0.3, 0.4) is 0 Å². The number of hydrogen-bond donors (Lipinski definition) is 2. The fraction of sp³-hybridized carbons (Fsp3) is 0.167. The number of aromatic nitrogens is 2. The van der Waals surface area contributed by atoms with Crippen molar-refractivity contribution in [3.05, 3.63) is 59.9 Å². The van der Waals surface area contributed by atoms with Crippen LogP contribution in [0, 0.1) is 6.92 Å². The summed E-state index contributed by atoms with van der Waals surface area (Å²) in [5.41, 5.74) is 2.81. The van der Waals surface area contributed by atoms with Crippen molar-refractivity contribution in [2.24, 2.45) is 0 Å². The van der Waals surface area contributed by atoms with Gasteiger partial charge in [-0.05, 0) is 43.7 Å². The van der Waals surface area contributed by atoms with Crippen LogP contribution in [0.25, 0.3) is 10.9 Å². The van der Waals surface area contributed by atoms with Gasteiger partial charge in [0.15, 0.2) is 0 Å². The molecule has 0 radical (unpaired) electrons. The van der Waals surface area contributed by atoms with E-state index in [4.69, 9.17) is 0 Å². The van der Waals surface area contributed by atoms with Gasteiger partial charge in [0.25, 0.3) is 5.91 Å². The van der Waals surface area contributed by atoms with Crippen LogP contribution in [0.4, 0.5) is 11.5 Å². The van der Waals surface area contributed by atoms with E-state index in [0.29, 0.717) is 12.4 Å². The Kier molecular flexibility index (Phi) is 4.19. The first kappa shape index (κ1) is 15.0. The van der Waals surface area contributed by atoms with Crippen molar-refractivity contribution in [1.29, 1.82) is 0 Å². The summed E-state index contributed by atoms with van der Waals surface area (Å²) in [5, 5.41) is 6.91. The van der Waals surface area contributed by atoms with E-state index in [1.54, 1.807) is 0 Å². The number of carbonyl (C=O) groups is 1. The van der Waals surface area contributed by atoms with E-state index in [0.717, 1.165) is 22.2 Å². The number of amides is 1. The Morgan fingerprint density at radius 1 is 1.09 bits per heavy atom. The molecule has 0 saturated heterocycles. The van der Waals surface area contributed by atoms with Gasteiger partial charge in [0.05, 0.1) is 5.52 Å². The van der Waals surface area contributed by atoms with Crippen molar-refractivity contribution >= 4 is 28.3 Å². The smallest absolute Gasteiger partial charge is 0.289 e. The minimum absolute atomic E-state index is 0.167. The monoisotopic (exact) mass is 306 g/mol. The third-order valence-electron chi connectivity index (χ3n) is 3.42. The van der Waals surface area contributed by atoms with Gasteiger partial charge in [-0.1, -0.05) is 24.3 Å². The summed E-state index contributed by atoms with van der Waals surface area (Å²) in [6.45, 7) is 4.43. The standard InChI is InChI=1S/C18H18N4O/c1-3-19-18(23)17-21-15-10-5-4-9-14(15)16(22-17)20-13-8-6-7-12(2)11-13/h4-11H,3H2,1-2H3,(H,19,23)(H,20,21,22). The van der Waals surface area contributed by atoms with Crippen LogP contribution in [-0.4, -0.2) is 22.4 Å². The van der Waals surface area contributed by atoms with E-state index < -0.39 is 0 Å². The van der Waals surface area contributed by atoms with Gasteiger partial charge in [0, 0.05) is 17.6 Å². The van der Waals surface area contributed by atoms with Crippen LogP contribution in [0.15, 0.2) is 48.5 Å². The molecule has 0 aliphatic heterocycles. The lowest BCUT2D eigenvalue weighted by Gasteiger charge is -2.11. The predicted octanol–water partition coefficient (Wildman–Crippen LogP) is 3.43. The molecule has 5 nitrogen and oxygen atoms in total. The molecule has 3 rings (SSSR count). The van der Waals surface area contributed by atoms with Crippen LogP contribution < -0.4 is 10.6 Å². The molecule has 2 aromatic carbocycles. The molecule has 0 bridgehead atoms. The van der Waals surface area contributed by atoms with Crippen LogP contribution in [0.2, 0.25) is 0 Å². The van der Waals surface area contributed by atoms with E-state index in [1.807, 2.05) is 62.4 Å². The number of anilines is 2. The molecule has 116 valence electrons. The summed E-state index contributed by atoms with van der Waals surface area (Å²) in [4.78, 5) is 20.8. The molecule has 5 heteroatoms. The first-order valence-corrected chi connectivity index (χ1v) is 7.56. The number of aryl methyl sites for hydroxylation is 1. The van der Waals surface area contributed by atoms with Crippen molar-refractivity contribution in [3.8, 4) is 0 Å². The molecule has 3 aromatic rings. The Labute approximate surface area is 134 Å². The average molecular weight is 306 g/mol. The second-order valence-corrected chi connectivity index (χ2v) is 5.27.